The second-order valence-electron chi connectivity index (χ2n) is 5.33. The summed E-state index contributed by atoms with van der Waals surface area (Å²) in [5.41, 5.74) is 1.25. The Labute approximate surface area is 127 Å². The maximum absolute atomic E-state index is 12.2. The molecule has 0 spiro atoms. The standard InChI is InChI=1S/C14H18N4O4/c1-8(2)5-11(14(20)21-4)22-13(19)9-6-10-12(15-7-9)18(3)17-16-10/h6-8,11H,5H2,1-4H3/t11-/m1/s1. The van der Waals surface area contributed by atoms with Gasteiger partial charge in [0.2, 0.25) is 0 Å². The van der Waals surface area contributed by atoms with Gasteiger partial charge in [-0.05, 0) is 18.4 Å². The third kappa shape index (κ3) is 3.38. The maximum atomic E-state index is 12.2. The first-order valence-electron chi connectivity index (χ1n) is 6.86. The molecule has 0 bridgehead atoms. The van der Waals surface area contributed by atoms with Crippen molar-refractivity contribution in [2.45, 2.75) is 26.4 Å². The van der Waals surface area contributed by atoms with Crippen molar-refractivity contribution in [3.05, 3.63) is 17.8 Å². The number of esters is 2. The Hall–Kier alpha value is -2.51. The number of hydrogen-bond acceptors (Lipinski definition) is 7. The van der Waals surface area contributed by atoms with Crippen LogP contribution in [0.2, 0.25) is 0 Å². The molecule has 0 aliphatic carbocycles. The minimum atomic E-state index is -0.935. The Morgan fingerprint density at radius 2 is 2.09 bits per heavy atom. The summed E-state index contributed by atoms with van der Waals surface area (Å²) >= 11 is 0. The summed E-state index contributed by atoms with van der Waals surface area (Å²) in [5, 5.41) is 7.71. The summed E-state index contributed by atoms with van der Waals surface area (Å²) in [6, 6.07) is 1.53. The number of carbonyl (C=O) groups is 2. The van der Waals surface area contributed by atoms with Gasteiger partial charge in [0.25, 0.3) is 0 Å². The molecule has 2 aromatic rings. The zero-order chi connectivity index (χ0) is 16.3. The lowest BCUT2D eigenvalue weighted by atomic mass is 10.1. The normalized spacial score (nSPS) is 12.4. The largest absolute Gasteiger partial charge is 0.466 e. The van der Waals surface area contributed by atoms with E-state index in [9.17, 15) is 9.59 Å². The number of carbonyl (C=O) groups excluding carboxylic acids is 2. The van der Waals surface area contributed by atoms with E-state index in [0.717, 1.165) is 0 Å². The lowest BCUT2D eigenvalue weighted by Gasteiger charge is -2.17. The third-order valence-corrected chi connectivity index (χ3v) is 3.07. The molecule has 0 aliphatic rings. The van der Waals surface area contributed by atoms with Crippen LogP contribution in [0.3, 0.4) is 0 Å². The quantitative estimate of drug-likeness (QED) is 0.763. The lowest BCUT2D eigenvalue weighted by Crippen LogP contribution is -2.30. The Bertz CT molecular complexity index is 695. The van der Waals surface area contributed by atoms with Gasteiger partial charge < -0.3 is 9.47 Å². The SMILES string of the molecule is COC(=O)[C@@H](CC(C)C)OC(=O)c1cnc2c(c1)nnn2C. The minimum Gasteiger partial charge on any atom is -0.466 e. The van der Waals surface area contributed by atoms with E-state index in [4.69, 9.17) is 4.74 Å². The van der Waals surface area contributed by atoms with Crippen LogP contribution in [-0.2, 0) is 21.3 Å². The molecule has 0 fully saturated rings. The average Bonchev–Trinajstić information content (AvgIpc) is 2.86. The van der Waals surface area contributed by atoms with Gasteiger partial charge in [-0.25, -0.2) is 19.3 Å². The fourth-order valence-electron chi connectivity index (χ4n) is 1.99. The van der Waals surface area contributed by atoms with Gasteiger partial charge in [0, 0.05) is 13.2 Å². The predicted molar refractivity (Wildman–Crippen MR) is 77.0 cm³/mol. The zero-order valence-corrected chi connectivity index (χ0v) is 12.9. The van der Waals surface area contributed by atoms with Gasteiger partial charge in [0.1, 0.15) is 5.52 Å². The first kappa shape index (κ1) is 15.9. The number of pyridine rings is 1. The summed E-state index contributed by atoms with van der Waals surface area (Å²) < 4.78 is 11.4. The molecule has 0 N–H and O–H groups in total. The van der Waals surface area contributed by atoms with E-state index in [1.54, 1.807) is 7.05 Å². The van der Waals surface area contributed by atoms with Crippen molar-refractivity contribution in [2.75, 3.05) is 7.11 Å². The molecule has 0 amide bonds. The van der Waals surface area contributed by atoms with E-state index in [2.05, 4.69) is 20.0 Å². The number of nitrogens with zero attached hydrogens (tertiary/aromatic N) is 4. The van der Waals surface area contributed by atoms with Crippen molar-refractivity contribution in [3.63, 3.8) is 0 Å². The fourth-order valence-corrected chi connectivity index (χ4v) is 1.99. The van der Waals surface area contributed by atoms with Crippen LogP contribution < -0.4 is 0 Å². The van der Waals surface area contributed by atoms with Crippen LogP contribution in [0.4, 0.5) is 0 Å². The van der Waals surface area contributed by atoms with Crippen LogP contribution in [0.1, 0.15) is 30.6 Å². The Morgan fingerprint density at radius 3 is 2.73 bits per heavy atom. The highest BCUT2D eigenvalue weighted by Crippen LogP contribution is 2.15. The van der Waals surface area contributed by atoms with Gasteiger partial charge in [0.05, 0.1) is 12.7 Å². The van der Waals surface area contributed by atoms with Gasteiger partial charge in [-0.2, -0.15) is 0 Å². The Kier molecular flexibility index (Phi) is 4.69. The molecule has 0 radical (unpaired) electrons. The fraction of sp³-hybridized carbons (Fsp3) is 0.500. The summed E-state index contributed by atoms with van der Waals surface area (Å²) in [5.74, 6) is -1.04. The molecule has 0 aliphatic heterocycles. The molecule has 0 saturated heterocycles. The molecule has 2 rings (SSSR count). The van der Waals surface area contributed by atoms with Gasteiger partial charge in [-0.15, -0.1) is 5.10 Å². The summed E-state index contributed by atoms with van der Waals surface area (Å²) in [6.07, 6.45) is 0.826. The smallest absolute Gasteiger partial charge is 0.347 e. The first-order valence-corrected chi connectivity index (χ1v) is 6.86. The molecule has 22 heavy (non-hydrogen) atoms. The topological polar surface area (TPSA) is 96.2 Å². The van der Waals surface area contributed by atoms with Crippen molar-refractivity contribution in [1.82, 2.24) is 20.0 Å². The summed E-state index contributed by atoms with van der Waals surface area (Å²) in [6.45, 7) is 3.86. The number of rotatable bonds is 5. The van der Waals surface area contributed by atoms with Crippen LogP contribution in [0, 0.1) is 5.92 Å². The number of hydrogen-bond donors (Lipinski definition) is 0. The average molecular weight is 306 g/mol. The highest BCUT2D eigenvalue weighted by molar-refractivity contribution is 5.93. The van der Waals surface area contributed by atoms with E-state index >= 15 is 0 Å². The third-order valence-electron chi connectivity index (χ3n) is 3.07. The lowest BCUT2D eigenvalue weighted by molar-refractivity contribution is -0.151. The van der Waals surface area contributed by atoms with Crippen LogP contribution in [0.5, 0.6) is 0 Å². The highest BCUT2D eigenvalue weighted by Gasteiger charge is 2.26. The van der Waals surface area contributed by atoms with Gasteiger partial charge in [-0.3, -0.25) is 0 Å². The minimum absolute atomic E-state index is 0.178. The van der Waals surface area contributed by atoms with Crippen LogP contribution in [-0.4, -0.2) is 45.1 Å². The van der Waals surface area contributed by atoms with Crippen LogP contribution in [0.15, 0.2) is 12.3 Å². The maximum Gasteiger partial charge on any atom is 0.347 e. The van der Waals surface area contributed by atoms with Gasteiger partial charge >= 0.3 is 11.9 Å². The number of aromatic nitrogens is 4. The Balaban J connectivity index is 2.18. The number of fused-ring (bicyclic) bond motifs is 1. The van der Waals surface area contributed by atoms with Crippen molar-refractivity contribution < 1.29 is 19.1 Å². The molecule has 0 saturated carbocycles. The second-order valence-corrected chi connectivity index (χ2v) is 5.33. The Morgan fingerprint density at radius 1 is 1.36 bits per heavy atom. The van der Waals surface area contributed by atoms with Crippen molar-refractivity contribution in [3.8, 4) is 0 Å². The molecule has 2 heterocycles. The van der Waals surface area contributed by atoms with Crippen molar-refractivity contribution in [1.29, 1.82) is 0 Å². The van der Waals surface area contributed by atoms with Crippen molar-refractivity contribution >= 4 is 23.1 Å². The molecule has 1 atom stereocenters. The zero-order valence-electron chi connectivity index (χ0n) is 12.9. The monoisotopic (exact) mass is 306 g/mol. The molecule has 8 heteroatoms. The van der Waals surface area contributed by atoms with E-state index in [1.165, 1.54) is 24.1 Å². The molecular weight excluding hydrogens is 288 g/mol. The van der Waals surface area contributed by atoms with Gasteiger partial charge in [0.15, 0.2) is 11.8 Å². The van der Waals surface area contributed by atoms with E-state index in [0.29, 0.717) is 17.6 Å². The molecule has 0 aromatic carbocycles. The number of ether oxygens (including phenoxy) is 2. The van der Waals surface area contributed by atoms with E-state index in [1.807, 2.05) is 13.8 Å². The molecule has 118 valence electrons. The molecule has 0 unspecified atom stereocenters. The van der Waals surface area contributed by atoms with E-state index < -0.39 is 18.0 Å². The van der Waals surface area contributed by atoms with Crippen LogP contribution >= 0.6 is 0 Å². The number of aryl methyl sites for hydroxylation is 1. The summed E-state index contributed by atoms with van der Waals surface area (Å²) in [7, 11) is 2.97. The molecule has 8 nitrogen and oxygen atoms in total. The highest BCUT2D eigenvalue weighted by atomic mass is 16.6. The molecular formula is C14H18N4O4. The first-order chi connectivity index (χ1) is 10.4. The van der Waals surface area contributed by atoms with E-state index in [-0.39, 0.29) is 11.5 Å². The van der Waals surface area contributed by atoms with Crippen molar-refractivity contribution in [2.24, 2.45) is 13.0 Å². The van der Waals surface area contributed by atoms with Crippen LogP contribution in [0.25, 0.3) is 11.2 Å². The summed E-state index contributed by atoms with van der Waals surface area (Å²) in [4.78, 5) is 28.0. The van der Waals surface area contributed by atoms with Gasteiger partial charge in [-0.1, -0.05) is 19.1 Å². The number of methoxy groups -OCH3 is 1. The molecule has 2 aromatic heterocycles. The second kappa shape index (κ2) is 6.50. The predicted octanol–water partition coefficient (Wildman–Crippen LogP) is 1.11.